The second kappa shape index (κ2) is 6.10. The number of nitriles is 1. The summed E-state index contributed by atoms with van der Waals surface area (Å²) < 4.78 is 1.92. The zero-order valence-electron chi connectivity index (χ0n) is 12.1. The van der Waals surface area contributed by atoms with Gasteiger partial charge in [-0.2, -0.15) is 5.26 Å². The number of hydrogen-bond acceptors (Lipinski definition) is 3. The lowest BCUT2D eigenvalue weighted by Crippen LogP contribution is -2.36. The number of amides is 1. The fraction of sp³-hybridized carbons (Fsp3) is 0.600. The molecule has 1 saturated carbocycles. The summed E-state index contributed by atoms with van der Waals surface area (Å²) in [5.74, 6) is -0.113. The molecule has 0 aliphatic heterocycles. The van der Waals surface area contributed by atoms with Crippen LogP contribution in [0.25, 0.3) is 0 Å². The smallest absolute Gasteiger partial charge is 0.220 e. The Labute approximate surface area is 119 Å². The van der Waals surface area contributed by atoms with Gasteiger partial charge in [0.15, 0.2) is 0 Å². The fourth-order valence-electron chi connectivity index (χ4n) is 2.88. The van der Waals surface area contributed by atoms with Crippen molar-refractivity contribution in [2.24, 2.45) is 18.7 Å². The minimum absolute atomic E-state index is 0.0525. The fourth-order valence-corrected chi connectivity index (χ4v) is 2.88. The molecule has 0 bridgehead atoms. The van der Waals surface area contributed by atoms with Gasteiger partial charge in [-0.05, 0) is 44.2 Å². The number of nitrogens with zero attached hydrogens (tertiary/aromatic N) is 2. The van der Waals surface area contributed by atoms with E-state index >= 15 is 0 Å². The van der Waals surface area contributed by atoms with Crippen LogP contribution in [0.15, 0.2) is 6.07 Å². The maximum atomic E-state index is 11.1. The molecule has 5 nitrogen and oxygen atoms in total. The number of carbonyl (C=O) groups excluding carboxylic acids is 1. The van der Waals surface area contributed by atoms with Crippen LogP contribution < -0.4 is 11.1 Å². The van der Waals surface area contributed by atoms with Gasteiger partial charge in [0.2, 0.25) is 5.91 Å². The second-order valence-electron chi connectivity index (χ2n) is 5.64. The summed E-state index contributed by atoms with van der Waals surface area (Å²) in [4.78, 5) is 11.1. The average Bonchev–Trinajstić information content (AvgIpc) is 2.73. The van der Waals surface area contributed by atoms with Crippen LogP contribution in [0.5, 0.6) is 0 Å². The first-order valence-corrected chi connectivity index (χ1v) is 7.11. The third-order valence-corrected chi connectivity index (χ3v) is 4.47. The molecule has 5 heteroatoms. The van der Waals surface area contributed by atoms with Crippen molar-refractivity contribution in [3.05, 3.63) is 23.0 Å². The predicted molar refractivity (Wildman–Crippen MR) is 76.6 cm³/mol. The number of rotatable bonds is 4. The molecule has 0 saturated heterocycles. The first-order chi connectivity index (χ1) is 9.52. The summed E-state index contributed by atoms with van der Waals surface area (Å²) in [6.07, 6.45) is 3.74. The molecular weight excluding hydrogens is 252 g/mol. The lowest BCUT2D eigenvalue weighted by Gasteiger charge is -2.27. The van der Waals surface area contributed by atoms with E-state index in [0.29, 0.717) is 11.7 Å². The Kier molecular flexibility index (Phi) is 4.46. The normalized spacial score (nSPS) is 22.4. The molecule has 0 unspecified atom stereocenters. The Morgan fingerprint density at radius 1 is 1.50 bits per heavy atom. The van der Waals surface area contributed by atoms with Crippen molar-refractivity contribution in [2.75, 3.05) is 0 Å². The summed E-state index contributed by atoms with van der Waals surface area (Å²) in [6, 6.07) is 4.58. The minimum atomic E-state index is -0.166. The number of nitrogens with two attached hydrogens (primary N) is 1. The highest BCUT2D eigenvalue weighted by atomic mass is 16.1. The molecule has 0 radical (unpaired) electrons. The average molecular weight is 274 g/mol. The predicted octanol–water partition coefficient (Wildman–Crippen LogP) is 1.34. The molecular formula is C15H22N4O. The SMILES string of the molecule is Cc1c(CNC2CCC(C(N)=O)CC2)cc(C#N)n1C. The molecule has 1 aliphatic rings. The quantitative estimate of drug-likeness (QED) is 0.869. The molecule has 1 aromatic heterocycles. The second-order valence-corrected chi connectivity index (χ2v) is 5.64. The molecule has 1 fully saturated rings. The summed E-state index contributed by atoms with van der Waals surface area (Å²) in [5, 5.41) is 12.5. The number of primary amides is 1. The summed E-state index contributed by atoms with van der Waals surface area (Å²) in [7, 11) is 1.91. The number of aromatic nitrogens is 1. The van der Waals surface area contributed by atoms with E-state index in [1.165, 1.54) is 5.56 Å². The molecule has 0 aromatic carbocycles. The van der Waals surface area contributed by atoms with Crippen LogP contribution in [0.3, 0.4) is 0 Å². The van der Waals surface area contributed by atoms with Crippen LogP contribution in [0.1, 0.15) is 42.6 Å². The minimum Gasteiger partial charge on any atom is -0.369 e. The van der Waals surface area contributed by atoms with Crippen molar-refractivity contribution in [3.63, 3.8) is 0 Å². The van der Waals surface area contributed by atoms with E-state index < -0.39 is 0 Å². The molecule has 108 valence electrons. The summed E-state index contributed by atoms with van der Waals surface area (Å²) >= 11 is 0. The van der Waals surface area contributed by atoms with E-state index in [-0.39, 0.29) is 11.8 Å². The van der Waals surface area contributed by atoms with E-state index in [0.717, 1.165) is 37.9 Å². The lowest BCUT2D eigenvalue weighted by atomic mass is 9.85. The van der Waals surface area contributed by atoms with Gasteiger partial charge in [-0.1, -0.05) is 0 Å². The van der Waals surface area contributed by atoms with Crippen molar-refractivity contribution in [1.82, 2.24) is 9.88 Å². The van der Waals surface area contributed by atoms with Gasteiger partial charge < -0.3 is 15.6 Å². The van der Waals surface area contributed by atoms with Crippen molar-refractivity contribution in [1.29, 1.82) is 5.26 Å². The van der Waals surface area contributed by atoms with Gasteiger partial charge in [-0.25, -0.2) is 0 Å². The van der Waals surface area contributed by atoms with Gasteiger partial charge in [0, 0.05) is 31.2 Å². The van der Waals surface area contributed by atoms with Crippen LogP contribution in [0, 0.1) is 24.2 Å². The standard InChI is InChI=1S/C15H22N4O/c1-10-12(7-14(8-16)19(10)2)9-18-13-5-3-11(4-6-13)15(17)20/h7,11,13,18H,3-6,9H2,1-2H3,(H2,17,20). The van der Waals surface area contributed by atoms with Gasteiger partial charge in [0.1, 0.15) is 11.8 Å². The molecule has 0 spiro atoms. The maximum absolute atomic E-state index is 11.1. The van der Waals surface area contributed by atoms with Crippen LogP contribution in [0.2, 0.25) is 0 Å². The number of carbonyl (C=O) groups is 1. The monoisotopic (exact) mass is 274 g/mol. The Bertz CT molecular complexity index is 533. The first kappa shape index (κ1) is 14.6. The van der Waals surface area contributed by atoms with Crippen molar-refractivity contribution in [3.8, 4) is 6.07 Å². The van der Waals surface area contributed by atoms with Gasteiger partial charge in [-0.15, -0.1) is 0 Å². The van der Waals surface area contributed by atoms with Crippen LogP contribution >= 0.6 is 0 Å². The molecule has 0 atom stereocenters. The third-order valence-electron chi connectivity index (χ3n) is 4.47. The maximum Gasteiger partial charge on any atom is 0.220 e. The molecule has 1 aliphatic carbocycles. The van der Waals surface area contributed by atoms with Gasteiger partial charge in [0.05, 0.1) is 0 Å². The molecule has 1 aromatic rings. The number of nitrogens with one attached hydrogen (secondary N) is 1. The zero-order valence-corrected chi connectivity index (χ0v) is 12.1. The largest absolute Gasteiger partial charge is 0.369 e. The summed E-state index contributed by atoms with van der Waals surface area (Å²) in [6.45, 7) is 2.80. The van der Waals surface area contributed by atoms with Crippen LogP contribution in [0.4, 0.5) is 0 Å². The third kappa shape index (κ3) is 3.02. The highest BCUT2D eigenvalue weighted by Gasteiger charge is 2.24. The Morgan fingerprint density at radius 2 is 2.15 bits per heavy atom. The van der Waals surface area contributed by atoms with E-state index in [2.05, 4.69) is 11.4 Å². The van der Waals surface area contributed by atoms with E-state index in [9.17, 15) is 4.79 Å². The first-order valence-electron chi connectivity index (χ1n) is 7.11. The highest BCUT2D eigenvalue weighted by Crippen LogP contribution is 2.24. The zero-order chi connectivity index (χ0) is 14.7. The van der Waals surface area contributed by atoms with E-state index in [1.54, 1.807) is 0 Å². The van der Waals surface area contributed by atoms with Crippen LogP contribution in [-0.4, -0.2) is 16.5 Å². The van der Waals surface area contributed by atoms with Gasteiger partial charge in [0.25, 0.3) is 0 Å². The van der Waals surface area contributed by atoms with Crippen molar-refractivity contribution < 1.29 is 4.79 Å². The Hall–Kier alpha value is -1.80. The van der Waals surface area contributed by atoms with Gasteiger partial charge >= 0.3 is 0 Å². The van der Waals surface area contributed by atoms with E-state index in [1.807, 2.05) is 24.6 Å². The number of hydrogen-bond donors (Lipinski definition) is 2. The molecule has 2 rings (SSSR count). The van der Waals surface area contributed by atoms with Gasteiger partial charge in [-0.3, -0.25) is 4.79 Å². The highest BCUT2D eigenvalue weighted by molar-refractivity contribution is 5.76. The molecule has 1 heterocycles. The van der Waals surface area contributed by atoms with Crippen molar-refractivity contribution in [2.45, 2.75) is 45.2 Å². The topological polar surface area (TPSA) is 83.8 Å². The lowest BCUT2D eigenvalue weighted by molar-refractivity contribution is -0.122. The molecule has 3 N–H and O–H groups in total. The molecule has 20 heavy (non-hydrogen) atoms. The molecule has 1 amide bonds. The summed E-state index contributed by atoms with van der Waals surface area (Å²) in [5.41, 5.74) is 8.32. The van der Waals surface area contributed by atoms with Crippen LogP contribution in [-0.2, 0) is 18.4 Å². The Morgan fingerprint density at radius 3 is 2.65 bits per heavy atom. The van der Waals surface area contributed by atoms with E-state index in [4.69, 9.17) is 11.0 Å². The van der Waals surface area contributed by atoms with Crippen molar-refractivity contribution >= 4 is 5.91 Å². The Balaban J connectivity index is 1.88.